The van der Waals surface area contributed by atoms with E-state index in [0.29, 0.717) is 35.1 Å². The first-order valence-corrected chi connectivity index (χ1v) is 11.9. The molecule has 3 heterocycles. The van der Waals surface area contributed by atoms with Gasteiger partial charge in [-0.2, -0.15) is 0 Å². The molecule has 2 aliphatic heterocycles. The summed E-state index contributed by atoms with van der Waals surface area (Å²) in [6, 6.07) is 18.5. The maximum absolute atomic E-state index is 13.4. The molecule has 0 aliphatic carbocycles. The average Bonchev–Trinajstić information content (AvgIpc) is 2.99. The Labute approximate surface area is 209 Å². The van der Waals surface area contributed by atoms with Gasteiger partial charge in [0.25, 0.3) is 5.91 Å². The normalized spacial score (nSPS) is 16.0. The molecule has 5 rings (SSSR count). The molecule has 1 aromatic heterocycles. The standard InChI is InChI=1S/C27H25ClN4O3/c28-21-10-11-24-23(18-21)32(27(34)22-9-4-12-29-26(22)35-24)19-25(33)31-16-14-30(15-17-31)13-5-8-20-6-2-1-3-7-20/h1-12,18H,13-17,19H2/b8-5-. The highest BCUT2D eigenvalue weighted by Crippen LogP contribution is 2.39. The second-order valence-corrected chi connectivity index (χ2v) is 8.89. The van der Waals surface area contributed by atoms with E-state index >= 15 is 0 Å². The molecule has 2 aromatic carbocycles. The Hall–Kier alpha value is -3.68. The first kappa shape index (κ1) is 23.1. The highest BCUT2D eigenvalue weighted by Gasteiger charge is 2.32. The number of piperazine rings is 1. The topological polar surface area (TPSA) is 66.0 Å². The fourth-order valence-corrected chi connectivity index (χ4v) is 4.42. The third kappa shape index (κ3) is 5.21. The van der Waals surface area contributed by atoms with Gasteiger partial charge in [0.1, 0.15) is 12.1 Å². The first-order valence-electron chi connectivity index (χ1n) is 11.5. The van der Waals surface area contributed by atoms with Gasteiger partial charge < -0.3 is 9.64 Å². The summed E-state index contributed by atoms with van der Waals surface area (Å²) in [5, 5.41) is 0.452. The van der Waals surface area contributed by atoms with Gasteiger partial charge >= 0.3 is 0 Å². The molecular weight excluding hydrogens is 464 g/mol. The van der Waals surface area contributed by atoms with Crippen LogP contribution in [0.15, 0.2) is 72.9 Å². The lowest BCUT2D eigenvalue weighted by Crippen LogP contribution is -2.51. The van der Waals surface area contributed by atoms with E-state index in [0.717, 1.165) is 19.6 Å². The van der Waals surface area contributed by atoms with Crippen LogP contribution >= 0.6 is 11.6 Å². The van der Waals surface area contributed by atoms with E-state index in [1.54, 1.807) is 36.5 Å². The maximum Gasteiger partial charge on any atom is 0.264 e. The molecule has 0 radical (unpaired) electrons. The summed E-state index contributed by atoms with van der Waals surface area (Å²) in [7, 11) is 0. The lowest BCUT2D eigenvalue weighted by atomic mass is 10.2. The molecule has 7 nitrogen and oxygen atoms in total. The molecule has 178 valence electrons. The van der Waals surface area contributed by atoms with Crippen LogP contribution in [0, 0.1) is 0 Å². The summed E-state index contributed by atoms with van der Waals surface area (Å²) >= 11 is 6.22. The van der Waals surface area contributed by atoms with Crippen LogP contribution < -0.4 is 9.64 Å². The number of carbonyl (C=O) groups is 2. The summed E-state index contributed by atoms with van der Waals surface area (Å²) in [4.78, 5) is 36.4. The van der Waals surface area contributed by atoms with Gasteiger partial charge in [-0.15, -0.1) is 0 Å². The molecule has 0 unspecified atom stereocenters. The Morgan fingerprint density at radius 3 is 2.63 bits per heavy atom. The summed E-state index contributed by atoms with van der Waals surface area (Å²) in [5.74, 6) is 0.194. The fraction of sp³-hybridized carbons (Fsp3) is 0.222. The molecule has 8 heteroatoms. The Morgan fingerprint density at radius 2 is 1.83 bits per heavy atom. The van der Waals surface area contributed by atoms with E-state index in [1.165, 1.54) is 10.5 Å². The minimum absolute atomic E-state index is 0.0994. The third-order valence-corrected chi connectivity index (χ3v) is 6.39. The zero-order valence-electron chi connectivity index (χ0n) is 19.1. The van der Waals surface area contributed by atoms with Crippen molar-refractivity contribution < 1.29 is 14.3 Å². The van der Waals surface area contributed by atoms with Crippen LogP contribution in [-0.2, 0) is 4.79 Å². The average molecular weight is 489 g/mol. The number of carbonyl (C=O) groups excluding carboxylic acids is 2. The van der Waals surface area contributed by atoms with Crippen LogP contribution in [0.3, 0.4) is 0 Å². The van der Waals surface area contributed by atoms with Crippen molar-refractivity contribution in [3.8, 4) is 11.6 Å². The van der Waals surface area contributed by atoms with Gasteiger partial charge in [-0.3, -0.25) is 19.4 Å². The van der Waals surface area contributed by atoms with Gasteiger partial charge in [0.2, 0.25) is 11.8 Å². The van der Waals surface area contributed by atoms with E-state index in [1.807, 2.05) is 23.1 Å². The second kappa shape index (κ2) is 10.3. The zero-order chi connectivity index (χ0) is 24.2. The minimum atomic E-state index is -0.341. The Morgan fingerprint density at radius 1 is 1.03 bits per heavy atom. The first-order chi connectivity index (χ1) is 17.1. The Bertz CT molecular complexity index is 1260. The smallest absolute Gasteiger partial charge is 0.264 e. The number of halogens is 1. The Kier molecular flexibility index (Phi) is 6.79. The van der Waals surface area contributed by atoms with Crippen molar-refractivity contribution in [2.75, 3.05) is 44.2 Å². The number of amides is 2. The molecule has 1 saturated heterocycles. The molecular formula is C27H25ClN4O3. The van der Waals surface area contributed by atoms with E-state index < -0.39 is 0 Å². The number of fused-ring (bicyclic) bond motifs is 2. The van der Waals surface area contributed by atoms with Crippen LogP contribution in [0.1, 0.15) is 15.9 Å². The van der Waals surface area contributed by atoms with Crippen molar-refractivity contribution in [2.24, 2.45) is 0 Å². The predicted octanol–water partition coefficient (Wildman–Crippen LogP) is 4.35. The molecule has 2 aliphatic rings. The summed E-state index contributed by atoms with van der Waals surface area (Å²) in [6.45, 7) is 3.49. The number of pyridine rings is 1. The molecule has 0 N–H and O–H groups in total. The second-order valence-electron chi connectivity index (χ2n) is 8.46. The number of rotatable bonds is 5. The van der Waals surface area contributed by atoms with Gasteiger partial charge in [0.05, 0.1) is 5.69 Å². The van der Waals surface area contributed by atoms with E-state index in [9.17, 15) is 9.59 Å². The van der Waals surface area contributed by atoms with Crippen molar-refractivity contribution in [3.63, 3.8) is 0 Å². The quantitative estimate of drug-likeness (QED) is 0.534. The number of aromatic nitrogens is 1. The van der Waals surface area contributed by atoms with Gasteiger partial charge in [-0.1, -0.05) is 54.1 Å². The van der Waals surface area contributed by atoms with Crippen LogP contribution in [-0.4, -0.2) is 65.9 Å². The van der Waals surface area contributed by atoms with Crippen molar-refractivity contribution in [2.45, 2.75) is 0 Å². The number of ether oxygens (including phenoxy) is 1. The van der Waals surface area contributed by atoms with Crippen molar-refractivity contribution in [1.29, 1.82) is 0 Å². The number of benzene rings is 2. The minimum Gasteiger partial charge on any atom is -0.436 e. The van der Waals surface area contributed by atoms with Gasteiger partial charge in [-0.25, -0.2) is 4.98 Å². The number of hydrogen-bond donors (Lipinski definition) is 0. The van der Waals surface area contributed by atoms with Crippen LogP contribution in [0.4, 0.5) is 5.69 Å². The van der Waals surface area contributed by atoms with Crippen LogP contribution in [0.25, 0.3) is 6.08 Å². The van der Waals surface area contributed by atoms with Crippen LogP contribution in [0.5, 0.6) is 11.6 Å². The molecule has 0 saturated carbocycles. The lowest BCUT2D eigenvalue weighted by molar-refractivity contribution is -0.131. The molecule has 35 heavy (non-hydrogen) atoms. The van der Waals surface area contributed by atoms with Gasteiger partial charge in [-0.05, 0) is 35.9 Å². The van der Waals surface area contributed by atoms with Gasteiger partial charge in [0, 0.05) is 43.9 Å². The van der Waals surface area contributed by atoms with Crippen molar-refractivity contribution in [1.82, 2.24) is 14.8 Å². The Balaban J connectivity index is 1.25. The predicted molar refractivity (Wildman–Crippen MR) is 136 cm³/mol. The number of anilines is 1. The third-order valence-electron chi connectivity index (χ3n) is 6.16. The molecule has 0 bridgehead atoms. The van der Waals surface area contributed by atoms with Crippen molar-refractivity contribution in [3.05, 3.63) is 89.1 Å². The van der Waals surface area contributed by atoms with Crippen LogP contribution in [0.2, 0.25) is 5.02 Å². The molecule has 1 fully saturated rings. The summed E-state index contributed by atoms with van der Waals surface area (Å²) in [5.41, 5.74) is 1.94. The van der Waals surface area contributed by atoms with E-state index in [4.69, 9.17) is 16.3 Å². The summed E-state index contributed by atoms with van der Waals surface area (Å²) < 4.78 is 5.90. The maximum atomic E-state index is 13.4. The molecule has 3 aromatic rings. The summed E-state index contributed by atoms with van der Waals surface area (Å²) in [6.07, 6.45) is 5.83. The lowest BCUT2D eigenvalue weighted by Gasteiger charge is -2.35. The van der Waals surface area contributed by atoms with E-state index in [2.05, 4.69) is 34.2 Å². The zero-order valence-corrected chi connectivity index (χ0v) is 19.9. The molecule has 0 atom stereocenters. The highest BCUT2D eigenvalue weighted by molar-refractivity contribution is 6.31. The highest BCUT2D eigenvalue weighted by atomic mass is 35.5. The number of nitrogens with zero attached hydrogens (tertiary/aromatic N) is 4. The van der Waals surface area contributed by atoms with Gasteiger partial charge in [0.15, 0.2) is 5.75 Å². The molecule has 2 amide bonds. The number of hydrogen-bond acceptors (Lipinski definition) is 5. The monoisotopic (exact) mass is 488 g/mol. The molecule has 0 spiro atoms. The van der Waals surface area contributed by atoms with E-state index in [-0.39, 0.29) is 24.2 Å². The largest absolute Gasteiger partial charge is 0.436 e. The SMILES string of the molecule is O=C(CN1C(=O)c2cccnc2Oc2ccc(Cl)cc21)N1CCN(C/C=C\c2ccccc2)CC1. The van der Waals surface area contributed by atoms with Crippen molar-refractivity contribution >= 4 is 35.2 Å². The fourth-order valence-electron chi connectivity index (χ4n) is 4.26.